The van der Waals surface area contributed by atoms with Crippen molar-refractivity contribution in [3.8, 4) is 5.75 Å². The fourth-order valence-corrected chi connectivity index (χ4v) is 5.93. The molecule has 0 aliphatic rings. The standard InChI is InChI=1S/C30H36BrN3O5S/c1-5-6-18-32-30(36)23(3)33(20-24-8-7-9-25(31)19-24)29(35)21-34(26-12-10-22(2)11-13-26)40(37,38)28-16-14-27(39-4)15-17-28/h7-17,19,23H,5-6,18,20-21H2,1-4H3,(H,32,36). The zero-order valence-corrected chi connectivity index (χ0v) is 25.7. The van der Waals surface area contributed by atoms with E-state index in [0.29, 0.717) is 18.0 Å². The Bertz CT molecular complexity index is 1400. The van der Waals surface area contributed by atoms with Gasteiger partial charge in [-0.25, -0.2) is 8.42 Å². The van der Waals surface area contributed by atoms with E-state index < -0.39 is 28.5 Å². The van der Waals surface area contributed by atoms with Crippen LogP contribution in [0.25, 0.3) is 0 Å². The average Bonchev–Trinajstić information content (AvgIpc) is 2.94. The molecule has 0 radical (unpaired) electrons. The molecule has 0 fully saturated rings. The van der Waals surface area contributed by atoms with Gasteiger partial charge in [-0.1, -0.05) is 59.1 Å². The van der Waals surface area contributed by atoms with Crippen molar-refractivity contribution in [3.05, 3.63) is 88.4 Å². The summed E-state index contributed by atoms with van der Waals surface area (Å²) in [6, 6.07) is 19.6. The van der Waals surface area contributed by atoms with Crippen LogP contribution in [0, 0.1) is 6.92 Å². The summed E-state index contributed by atoms with van der Waals surface area (Å²) in [6.45, 7) is 5.73. The van der Waals surface area contributed by atoms with Crippen molar-refractivity contribution in [1.82, 2.24) is 10.2 Å². The number of carbonyl (C=O) groups excluding carboxylic acids is 2. The maximum Gasteiger partial charge on any atom is 0.264 e. The fourth-order valence-electron chi connectivity index (χ4n) is 4.07. The number of unbranched alkanes of at least 4 members (excludes halogenated alkanes) is 1. The Kier molecular flexibility index (Phi) is 11.2. The van der Waals surface area contributed by atoms with Crippen LogP contribution in [0.15, 0.2) is 82.2 Å². The van der Waals surface area contributed by atoms with E-state index in [4.69, 9.17) is 4.74 Å². The number of anilines is 1. The second-order valence-corrected chi connectivity index (χ2v) is 12.3. The minimum absolute atomic E-state index is 0.0190. The molecule has 3 rings (SSSR count). The zero-order valence-electron chi connectivity index (χ0n) is 23.3. The number of amides is 2. The van der Waals surface area contributed by atoms with Crippen LogP contribution >= 0.6 is 15.9 Å². The number of rotatable bonds is 13. The number of sulfonamides is 1. The number of nitrogens with one attached hydrogen (secondary N) is 1. The van der Waals surface area contributed by atoms with Crippen LogP contribution in [0.1, 0.15) is 37.8 Å². The molecule has 0 spiro atoms. The molecule has 3 aromatic rings. The summed E-state index contributed by atoms with van der Waals surface area (Å²) < 4.78 is 34.9. The van der Waals surface area contributed by atoms with E-state index in [1.165, 1.54) is 24.1 Å². The molecule has 1 unspecified atom stereocenters. The number of carbonyl (C=O) groups is 2. The summed E-state index contributed by atoms with van der Waals surface area (Å²) in [4.78, 5) is 28.4. The average molecular weight is 631 g/mol. The highest BCUT2D eigenvalue weighted by Gasteiger charge is 2.32. The SMILES string of the molecule is CCCCNC(=O)C(C)N(Cc1cccc(Br)c1)C(=O)CN(c1ccc(C)cc1)S(=O)(=O)c1ccc(OC)cc1. The Morgan fingerprint density at radius 2 is 1.70 bits per heavy atom. The lowest BCUT2D eigenvalue weighted by Gasteiger charge is -2.32. The summed E-state index contributed by atoms with van der Waals surface area (Å²) >= 11 is 3.46. The molecule has 0 aliphatic heterocycles. The third-order valence-electron chi connectivity index (χ3n) is 6.49. The number of halogens is 1. The van der Waals surface area contributed by atoms with Crippen LogP contribution in [0.2, 0.25) is 0 Å². The molecule has 2 amide bonds. The van der Waals surface area contributed by atoms with Gasteiger partial charge in [0, 0.05) is 17.6 Å². The first-order valence-electron chi connectivity index (χ1n) is 13.1. The van der Waals surface area contributed by atoms with Gasteiger partial charge in [0.2, 0.25) is 11.8 Å². The molecule has 8 nitrogen and oxygen atoms in total. The molecule has 0 saturated heterocycles. The predicted octanol–water partition coefficient (Wildman–Crippen LogP) is 5.30. The Morgan fingerprint density at radius 1 is 1.02 bits per heavy atom. The number of methoxy groups -OCH3 is 1. The summed E-state index contributed by atoms with van der Waals surface area (Å²) in [5.74, 6) is -0.285. The van der Waals surface area contributed by atoms with Gasteiger partial charge < -0.3 is 15.0 Å². The molecule has 1 N–H and O–H groups in total. The molecule has 0 saturated carbocycles. The second-order valence-electron chi connectivity index (χ2n) is 9.49. The van der Waals surface area contributed by atoms with Crippen molar-refractivity contribution in [2.24, 2.45) is 0 Å². The van der Waals surface area contributed by atoms with E-state index in [1.54, 1.807) is 43.3 Å². The highest BCUT2D eigenvalue weighted by molar-refractivity contribution is 9.10. The van der Waals surface area contributed by atoms with Crippen molar-refractivity contribution in [3.63, 3.8) is 0 Å². The van der Waals surface area contributed by atoms with Gasteiger partial charge in [-0.05, 0) is 74.4 Å². The van der Waals surface area contributed by atoms with Gasteiger partial charge >= 0.3 is 0 Å². The van der Waals surface area contributed by atoms with Crippen LogP contribution in [-0.4, -0.2) is 51.4 Å². The quantitative estimate of drug-likeness (QED) is 0.259. The molecular formula is C30H36BrN3O5S. The van der Waals surface area contributed by atoms with Crippen molar-refractivity contribution >= 4 is 43.5 Å². The largest absolute Gasteiger partial charge is 0.497 e. The first-order chi connectivity index (χ1) is 19.1. The van der Waals surface area contributed by atoms with Gasteiger partial charge in [-0.15, -0.1) is 0 Å². The molecule has 0 heterocycles. The summed E-state index contributed by atoms with van der Waals surface area (Å²) in [5.41, 5.74) is 2.10. The normalized spacial score (nSPS) is 11.9. The first-order valence-corrected chi connectivity index (χ1v) is 15.3. The van der Waals surface area contributed by atoms with Gasteiger partial charge in [0.05, 0.1) is 17.7 Å². The van der Waals surface area contributed by atoms with Crippen LogP contribution in [0.5, 0.6) is 5.75 Å². The van der Waals surface area contributed by atoms with E-state index in [2.05, 4.69) is 21.2 Å². The van der Waals surface area contributed by atoms with Gasteiger partial charge in [0.15, 0.2) is 0 Å². The highest BCUT2D eigenvalue weighted by Crippen LogP contribution is 2.26. The summed E-state index contributed by atoms with van der Waals surface area (Å²) in [6.07, 6.45) is 1.74. The topological polar surface area (TPSA) is 96.0 Å². The Balaban J connectivity index is 2.00. The molecule has 0 bridgehead atoms. The minimum Gasteiger partial charge on any atom is -0.497 e. The van der Waals surface area contributed by atoms with E-state index in [-0.39, 0.29) is 17.3 Å². The molecule has 40 heavy (non-hydrogen) atoms. The molecule has 0 aliphatic carbocycles. The number of aryl methyl sites for hydroxylation is 1. The Morgan fingerprint density at radius 3 is 2.30 bits per heavy atom. The first kappa shape index (κ1) is 31.2. The number of ether oxygens (including phenoxy) is 1. The lowest BCUT2D eigenvalue weighted by Crippen LogP contribution is -2.51. The number of benzene rings is 3. The van der Waals surface area contributed by atoms with E-state index in [1.807, 2.05) is 38.1 Å². The fraction of sp³-hybridized carbons (Fsp3) is 0.333. The van der Waals surface area contributed by atoms with E-state index in [9.17, 15) is 18.0 Å². The maximum atomic E-state index is 13.9. The Labute approximate surface area is 245 Å². The molecule has 1 atom stereocenters. The van der Waals surface area contributed by atoms with Crippen LogP contribution in [0.3, 0.4) is 0 Å². The van der Waals surface area contributed by atoms with E-state index in [0.717, 1.165) is 32.7 Å². The summed E-state index contributed by atoms with van der Waals surface area (Å²) in [7, 11) is -2.64. The second kappa shape index (κ2) is 14.3. The number of hydrogen-bond acceptors (Lipinski definition) is 5. The van der Waals surface area contributed by atoms with Gasteiger partial charge in [0.1, 0.15) is 18.3 Å². The van der Waals surface area contributed by atoms with Crippen LogP contribution < -0.4 is 14.4 Å². The van der Waals surface area contributed by atoms with Crippen molar-refractivity contribution < 1.29 is 22.7 Å². The molecule has 10 heteroatoms. The van der Waals surface area contributed by atoms with Crippen molar-refractivity contribution in [1.29, 1.82) is 0 Å². The maximum absolute atomic E-state index is 13.9. The number of nitrogens with zero attached hydrogens (tertiary/aromatic N) is 2. The van der Waals surface area contributed by atoms with Crippen molar-refractivity contribution in [2.45, 2.75) is 51.1 Å². The number of hydrogen-bond donors (Lipinski definition) is 1. The molecule has 0 aromatic heterocycles. The predicted molar refractivity (Wildman–Crippen MR) is 161 cm³/mol. The van der Waals surface area contributed by atoms with Crippen LogP contribution in [0.4, 0.5) is 5.69 Å². The Hall–Kier alpha value is -3.37. The lowest BCUT2D eigenvalue weighted by molar-refractivity contribution is -0.139. The molecule has 214 valence electrons. The molecule has 3 aromatic carbocycles. The minimum atomic E-state index is -4.14. The molecular weight excluding hydrogens is 594 g/mol. The van der Waals surface area contributed by atoms with Gasteiger partial charge in [-0.3, -0.25) is 13.9 Å². The van der Waals surface area contributed by atoms with Gasteiger partial charge in [-0.2, -0.15) is 0 Å². The third kappa shape index (κ3) is 8.08. The highest BCUT2D eigenvalue weighted by atomic mass is 79.9. The lowest BCUT2D eigenvalue weighted by atomic mass is 10.1. The van der Waals surface area contributed by atoms with E-state index >= 15 is 0 Å². The zero-order chi connectivity index (χ0) is 29.3. The van der Waals surface area contributed by atoms with Crippen molar-refractivity contribution in [2.75, 3.05) is 24.5 Å². The van der Waals surface area contributed by atoms with Gasteiger partial charge in [0.25, 0.3) is 10.0 Å². The monoisotopic (exact) mass is 629 g/mol. The van der Waals surface area contributed by atoms with Crippen LogP contribution in [-0.2, 0) is 26.2 Å². The smallest absolute Gasteiger partial charge is 0.264 e. The third-order valence-corrected chi connectivity index (χ3v) is 8.77. The summed E-state index contributed by atoms with van der Waals surface area (Å²) in [5, 5.41) is 2.89.